The van der Waals surface area contributed by atoms with Gasteiger partial charge in [0.15, 0.2) is 0 Å². The van der Waals surface area contributed by atoms with Gasteiger partial charge in [-0.15, -0.1) is 0 Å². The summed E-state index contributed by atoms with van der Waals surface area (Å²) in [6, 6.07) is 2.10. The molecule has 0 aliphatic carbocycles. The molecule has 2 rings (SSSR count). The highest BCUT2D eigenvalue weighted by molar-refractivity contribution is 5.74. The van der Waals surface area contributed by atoms with E-state index in [9.17, 15) is 4.79 Å². The summed E-state index contributed by atoms with van der Waals surface area (Å²) in [5.74, 6) is 0. The molecule has 1 aliphatic rings. The third-order valence-electron chi connectivity index (χ3n) is 3.13. The summed E-state index contributed by atoms with van der Waals surface area (Å²) in [4.78, 5) is 21.7. The van der Waals surface area contributed by atoms with Crippen LogP contribution < -0.4 is 10.1 Å². The van der Waals surface area contributed by atoms with Crippen LogP contribution in [0.25, 0.3) is 0 Å². The van der Waals surface area contributed by atoms with E-state index in [-0.39, 0.29) is 12.1 Å². The number of nitrogens with zero attached hydrogens (tertiary/aromatic N) is 3. The Bertz CT molecular complexity index is 407. The number of nitrogens with one attached hydrogen (secondary N) is 1. The number of hydrogen-bond acceptors (Lipinski definition) is 5. The van der Waals surface area contributed by atoms with E-state index in [1.54, 1.807) is 30.5 Å². The van der Waals surface area contributed by atoms with Gasteiger partial charge in [0.2, 0.25) is 0 Å². The third kappa shape index (κ3) is 4.34. The normalized spacial score (nSPS) is 15.9. The van der Waals surface area contributed by atoms with E-state index in [0.29, 0.717) is 32.3 Å². The fourth-order valence-electron chi connectivity index (χ4n) is 2.04. The molecule has 1 saturated heterocycles. The average Bonchev–Trinajstić information content (AvgIpc) is 2.49. The van der Waals surface area contributed by atoms with Crippen molar-refractivity contribution in [2.75, 3.05) is 33.4 Å². The Hall–Kier alpha value is -1.89. The zero-order valence-electron chi connectivity index (χ0n) is 11.6. The molecule has 20 heavy (non-hydrogen) atoms. The predicted octanol–water partition coefficient (Wildman–Crippen LogP) is 0.676. The van der Waals surface area contributed by atoms with E-state index in [1.807, 2.05) is 0 Å². The molecule has 2 amide bonds. The Labute approximate surface area is 118 Å². The van der Waals surface area contributed by atoms with Crippen LogP contribution >= 0.6 is 0 Å². The number of methoxy groups -OCH3 is 1. The molecule has 2 heterocycles. The van der Waals surface area contributed by atoms with Crippen molar-refractivity contribution in [3.05, 3.63) is 18.5 Å². The van der Waals surface area contributed by atoms with Gasteiger partial charge in [0, 0.05) is 52.0 Å². The highest BCUT2D eigenvalue weighted by Gasteiger charge is 2.24. The molecule has 0 atom stereocenters. The molecule has 1 aromatic rings. The number of hydrogen-bond donors (Lipinski definition) is 1. The standard InChI is InChI=1S/C13H20N4O3/c1-19-10-7-16-13(18)17-8-3-11(4-9-17)20-12-14-5-2-6-15-12/h2,5-6,11H,3-4,7-10H2,1H3,(H,16,18). The molecule has 0 saturated carbocycles. The Balaban J connectivity index is 1.71. The van der Waals surface area contributed by atoms with E-state index >= 15 is 0 Å². The Kier molecular flexibility index (Phi) is 5.55. The molecular formula is C13H20N4O3. The fourth-order valence-corrected chi connectivity index (χ4v) is 2.04. The van der Waals surface area contributed by atoms with E-state index in [2.05, 4.69) is 15.3 Å². The lowest BCUT2D eigenvalue weighted by atomic mass is 10.1. The topological polar surface area (TPSA) is 76.6 Å². The van der Waals surface area contributed by atoms with Gasteiger partial charge in [-0.05, 0) is 6.07 Å². The molecule has 1 aromatic heterocycles. The summed E-state index contributed by atoms with van der Waals surface area (Å²) in [6.45, 7) is 2.41. The summed E-state index contributed by atoms with van der Waals surface area (Å²) in [5, 5.41) is 2.81. The highest BCUT2D eigenvalue weighted by atomic mass is 16.5. The number of urea groups is 1. The fraction of sp³-hybridized carbons (Fsp3) is 0.615. The second kappa shape index (κ2) is 7.64. The number of rotatable bonds is 5. The van der Waals surface area contributed by atoms with Gasteiger partial charge in [0.25, 0.3) is 0 Å². The maximum atomic E-state index is 11.8. The van der Waals surface area contributed by atoms with Crippen molar-refractivity contribution in [1.82, 2.24) is 20.2 Å². The Morgan fingerprint density at radius 3 is 2.75 bits per heavy atom. The Morgan fingerprint density at radius 2 is 2.10 bits per heavy atom. The van der Waals surface area contributed by atoms with E-state index in [4.69, 9.17) is 9.47 Å². The van der Waals surface area contributed by atoms with Crippen LogP contribution in [0.3, 0.4) is 0 Å². The van der Waals surface area contributed by atoms with Gasteiger partial charge in [-0.3, -0.25) is 0 Å². The largest absolute Gasteiger partial charge is 0.460 e. The van der Waals surface area contributed by atoms with Crippen LogP contribution in [-0.4, -0.2) is 60.4 Å². The molecule has 7 heteroatoms. The van der Waals surface area contributed by atoms with Crippen molar-refractivity contribution < 1.29 is 14.3 Å². The molecule has 0 unspecified atom stereocenters. The molecule has 0 spiro atoms. The lowest BCUT2D eigenvalue weighted by Crippen LogP contribution is -2.47. The Morgan fingerprint density at radius 1 is 1.40 bits per heavy atom. The number of carbonyl (C=O) groups is 1. The summed E-state index contributed by atoms with van der Waals surface area (Å²) in [7, 11) is 1.61. The third-order valence-corrected chi connectivity index (χ3v) is 3.13. The van der Waals surface area contributed by atoms with Gasteiger partial charge in [0.05, 0.1) is 6.61 Å². The van der Waals surface area contributed by atoms with Crippen LogP contribution in [0.2, 0.25) is 0 Å². The molecule has 110 valence electrons. The minimum atomic E-state index is -0.0449. The van der Waals surface area contributed by atoms with Crippen LogP contribution in [0.1, 0.15) is 12.8 Å². The van der Waals surface area contributed by atoms with Gasteiger partial charge >= 0.3 is 12.0 Å². The van der Waals surface area contributed by atoms with Crippen molar-refractivity contribution >= 4 is 6.03 Å². The first kappa shape index (κ1) is 14.5. The van der Waals surface area contributed by atoms with Crippen molar-refractivity contribution in [1.29, 1.82) is 0 Å². The maximum Gasteiger partial charge on any atom is 0.317 e. The van der Waals surface area contributed by atoms with Gasteiger partial charge in [-0.2, -0.15) is 0 Å². The second-order valence-corrected chi connectivity index (χ2v) is 4.56. The monoisotopic (exact) mass is 280 g/mol. The minimum Gasteiger partial charge on any atom is -0.460 e. The van der Waals surface area contributed by atoms with Crippen molar-refractivity contribution in [2.45, 2.75) is 18.9 Å². The average molecular weight is 280 g/mol. The second-order valence-electron chi connectivity index (χ2n) is 4.56. The van der Waals surface area contributed by atoms with Crippen LogP contribution in [0.5, 0.6) is 6.01 Å². The first-order valence-corrected chi connectivity index (χ1v) is 6.75. The van der Waals surface area contributed by atoms with Gasteiger partial charge in [-0.25, -0.2) is 14.8 Å². The first-order valence-electron chi connectivity index (χ1n) is 6.75. The summed E-state index contributed by atoms with van der Waals surface area (Å²) >= 11 is 0. The molecule has 1 fully saturated rings. The van der Waals surface area contributed by atoms with E-state index in [0.717, 1.165) is 12.8 Å². The zero-order valence-corrected chi connectivity index (χ0v) is 11.6. The first-order chi connectivity index (χ1) is 9.79. The smallest absolute Gasteiger partial charge is 0.317 e. The molecule has 0 radical (unpaired) electrons. The quantitative estimate of drug-likeness (QED) is 0.802. The SMILES string of the molecule is COCCNC(=O)N1CCC(Oc2ncccn2)CC1. The predicted molar refractivity (Wildman–Crippen MR) is 72.5 cm³/mol. The van der Waals surface area contributed by atoms with Crippen LogP contribution in [-0.2, 0) is 4.74 Å². The zero-order chi connectivity index (χ0) is 14.2. The van der Waals surface area contributed by atoms with Crippen LogP contribution in [0, 0.1) is 0 Å². The molecule has 1 aliphatic heterocycles. The van der Waals surface area contributed by atoms with Crippen molar-refractivity contribution in [3.8, 4) is 6.01 Å². The lowest BCUT2D eigenvalue weighted by Gasteiger charge is -2.31. The maximum absolute atomic E-state index is 11.8. The number of amides is 2. The number of piperidine rings is 1. The molecular weight excluding hydrogens is 260 g/mol. The highest BCUT2D eigenvalue weighted by Crippen LogP contribution is 2.15. The van der Waals surface area contributed by atoms with E-state index < -0.39 is 0 Å². The van der Waals surface area contributed by atoms with Crippen molar-refractivity contribution in [2.24, 2.45) is 0 Å². The summed E-state index contributed by atoms with van der Waals surface area (Å²) in [5.41, 5.74) is 0. The number of aromatic nitrogens is 2. The number of carbonyl (C=O) groups excluding carboxylic acids is 1. The summed E-state index contributed by atoms with van der Waals surface area (Å²) in [6.07, 6.45) is 4.95. The molecule has 0 bridgehead atoms. The molecule has 1 N–H and O–H groups in total. The number of likely N-dealkylation sites (tertiary alicyclic amines) is 1. The number of ether oxygens (including phenoxy) is 2. The van der Waals surface area contributed by atoms with Crippen LogP contribution in [0.4, 0.5) is 4.79 Å². The molecule has 0 aromatic carbocycles. The molecule has 7 nitrogen and oxygen atoms in total. The van der Waals surface area contributed by atoms with Gasteiger partial charge in [-0.1, -0.05) is 0 Å². The van der Waals surface area contributed by atoms with E-state index in [1.165, 1.54) is 0 Å². The summed E-state index contributed by atoms with van der Waals surface area (Å²) < 4.78 is 10.6. The lowest BCUT2D eigenvalue weighted by molar-refractivity contribution is 0.102. The van der Waals surface area contributed by atoms with Crippen LogP contribution in [0.15, 0.2) is 18.5 Å². The minimum absolute atomic E-state index is 0.0449. The van der Waals surface area contributed by atoms with Gasteiger partial charge < -0.3 is 19.7 Å². The van der Waals surface area contributed by atoms with Crippen molar-refractivity contribution in [3.63, 3.8) is 0 Å². The van der Waals surface area contributed by atoms with Gasteiger partial charge in [0.1, 0.15) is 6.10 Å².